The third-order valence-corrected chi connectivity index (χ3v) is 6.34. The molecule has 0 saturated carbocycles. The predicted octanol–water partition coefficient (Wildman–Crippen LogP) is 4.05. The average Bonchev–Trinajstić information content (AvgIpc) is 2.97. The lowest BCUT2D eigenvalue weighted by Crippen LogP contribution is -2.63. The summed E-state index contributed by atoms with van der Waals surface area (Å²) in [6.45, 7) is 1.70. The Hall–Kier alpha value is -2.37. The molecule has 1 spiro atoms. The van der Waals surface area contributed by atoms with Gasteiger partial charge < -0.3 is 5.32 Å². The Kier molecular flexibility index (Phi) is 4.68. The first-order valence-corrected chi connectivity index (χ1v) is 9.79. The number of anilines is 1. The Balaban J connectivity index is 2.03. The van der Waals surface area contributed by atoms with E-state index in [1.54, 1.807) is 31.2 Å². The van der Waals surface area contributed by atoms with Gasteiger partial charge in [-0.05, 0) is 29.3 Å². The topological polar surface area (TPSA) is 66.5 Å². The number of fused-ring (bicyclic) bond motifs is 2. The van der Waals surface area contributed by atoms with Crippen molar-refractivity contribution in [2.24, 2.45) is 0 Å². The highest BCUT2D eigenvalue weighted by Gasteiger charge is 2.64. The molecule has 1 fully saturated rings. The van der Waals surface area contributed by atoms with E-state index in [1.165, 1.54) is 0 Å². The maximum Gasteiger partial charge on any atom is 0.238 e. The number of halogens is 2. The zero-order chi connectivity index (χ0) is 20.1. The van der Waals surface area contributed by atoms with Gasteiger partial charge in [-0.25, -0.2) is 4.42 Å². The molecule has 0 bridgehead atoms. The summed E-state index contributed by atoms with van der Waals surface area (Å²) in [4.78, 5) is 39.2. The van der Waals surface area contributed by atoms with Crippen molar-refractivity contribution in [3.63, 3.8) is 0 Å². The van der Waals surface area contributed by atoms with Crippen LogP contribution in [0.15, 0.2) is 48.5 Å². The number of carbonyl (C=O) groups is 3. The Morgan fingerprint density at radius 1 is 1.21 bits per heavy atom. The standard InChI is InChI=1S/C21H18Cl2N2O3/c1-2-17(26)19-21(14-8-3-4-9-16(14)24-20(21)28)15(11-18(27)25(19)23)12-6-5-7-13(22)10-12/h3-10,15,19H,2,11H2,1H3,(H,24,28). The first-order chi connectivity index (χ1) is 13.4. The van der Waals surface area contributed by atoms with Gasteiger partial charge in [0.2, 0.25) is 11.8 Å². The van der Waals surface area contributed by atoms with Gasteiger partial charge in [0.05, 0.1) is 0 Å². The zero-order valence-electron chi connectivity index (χ0n) is 15.1. The minimum absolute atomic E-state index is 0.000902. The number of ketones is 1. The van der Waals surface area contributed by atoms with Gasteiger partial charge >= 0.3 is 0 Å². The van der Waals surface area contributed by atoms with Gasteiger partial charge in [0.15, 0.2) is 5.78 Å². The maximum absolute atomic E-state index is 13.5. The number of amides is 2. The quantitative estimate of drug-likeness (QED) is 0.767. The smallest absolute Gasteiger partial charge is 0.238 e. The van der Waals surface area contributed by atoms with E-state index in [-0.39, 0.29) is 30.4 Å². The molecule has 2 aromatic rings. The van der Waals surface area contributed by atoms with Gasteiger partial charge in [-0.1, -0.05) is 48.9 Å². The van der Waals surface area contributed by atoms with Crippen LogP contribution in [0.5, 0.6) is 0 Å². The molecule has 0 aliphatic carbocycles. The van der Waals surface area contributed by atoms with Crippen molar-refractivity contribution in [1.82, 2.24) is 4.42 Å². The first kappa shape index (κ1) is 19.0. The molecule has 144 valence electrons. The lowest BCUT2D eigenvalue weighted by Gasteiger charge is -2.47. The Morgan fingerprint density at radius 3 is 2.68 bits per heavy atom. The summed E-state index contributed by atoms with van der Waals surface area (Å²) >= 11 is 12.5. The zero-order valence-corrected chi connectivity index (χ0v) is 16.6. The number of Topliss-reactive ketones (excluding diaryl/α,β-unsaturated/α-hetero) is 1. The van der Waals surface area contributed by atoms with Crippen molar-refractivity contribution >= 4 is 46.7 Å². The van der Waals surface area contributed by atoms with E-state index in [2.05, 4.69) is 5.32 Å². The molecule has 5 nitrogen and oxygen atoms in total. The number of hydrogen-bond acceptors (Lipinski definition) is 3. The summed E-state index contributed by atoms with van der Waals surface area (Å²) in [5, 5.41) is 3.39. The number of nitrogens with one attached hydrogen (secondary N) is 1. The number of piperidine rings is 1. The summed E-state index contributed by atoms with van der Waals surface area (Å²) in [6.07, 6.45) is 0.153. The van der Waals surface area contributed by atoms with Gasteiger partial charge in [-0.15, -0.1) is 0 Å². The van der Waals surface area contributed by atoms with E-state index in [4.69, 9.17) is 23.4 Å². The summed E-state index contributed by atoms with van der Waals surface area (Å²) in [5.74, 6) is -1.55. The molecule has 3 unspecified atom stereocenters. The van der Waals surface area contributed by atoms with E-state index < -0.39 is 17.4 Å². The van der Waals surface area contributed by atoms with Crippen LogP contribution in [0.3, 0.4) is 0 Å². The first-order valence-electron chi connectivity index (χ1n) is 9.08. The van der Waals surface area contributed by atoms with Gasteiger partial charge in [0.1, 0.15) is 11.5 Å². The normalized spacial score (nSPS) is 26.3. The fourth-order valence-corrected chi connectivity index (χ4v) is 5.06. The van der Waals surface area contributed by atoms with Crippen LogP contribution in [0, 0.1) is 0 Å². The molecule has 2 aliphatic heterocycles. The van der Waals surface area contributed by atoms with Crippen LogP contribution < -0.4 is 5.32 Å². The lowest BCUT2D eigenvalue weighted by molar-refractivity contribution is -0.145. The molecular weight excluding hydrogens is 399 g/mol. The fraction of sp³-hybridized carbons (Fsp3) is 0.286. The monoisotopic (exact) mass is 416 g/mol. The Morgan fingerprint density at radius 2 is 1.96 bits per heavy atom. The molecule has 1 N–H and O–H groups in total. The number of carbonyl (C=O) groups excluding carboxylic acids is 3. The summed E-state index contributed by atoms with van der Waals surface area (Å²) in [5.41, 5.74) is 0.721. The predicted molar refractivity (Wildman–Crippen MR) is 107 cm³/mol. The van der Waals surface area contributed by atoms with E-state index in [0.29, 0.717) is 16.3 Å². The van der Waals surface area contributed by atoms with Crippen LogP contribution in [0.4, 0.5) is 5.69 Å². The van der Waals surface area contributed by atoms with Crippen molar-refractivity contribution in [3.8, 4) is 0 Å². The van der Waals surface area contributed by atoms with Crippen LogP contribution in [-0.2, 0) is 19.8 Å². The van der Waals surface area contributed by atoms with E-state index >= 15 is 0 Å². The molecule has 0 aromatic heterocycles. The number of nitrogens with zero attached hydrogens (tertiary/aromatic N) is 1. The highest BCUT2D eigenvalue weighted by molar-refractivity contribution is 6.30. The maximum atomic E-state index is 13.5. The van der Waals surface area contributed by atoms with Crippen LogP contribution in [-0.4, -0.2) is 28.1 Å². The summed E-state index contributed by atoms with van der Waals surface area (Å²) in [6, 6.07) is 13.2. The number of rotatable bonds is 3. The highest BCUT2D eigenvalue weighted by Crippen LogP contribution is 2.55. The second-order valence-electron chi connectivity index (χ2n) is 7.11. The summed E-state index contributed by atoms with van der Waals surface area (Å²) < 4.78 is 0.925. The molecule has 4 rings (SSSR count). The van der Waals surface area contributed by atoms with Gasteiger partial charge in [-0.3, -0.25) is 14.4 Å². The molecule has 28 heavy (non-hydrogen) atoms. The van der Waals surface area contributed by atoms with Crippen molar-refractivity contribution in [1.29, 1.82) is 0 Å². The summed E-state index contributed by atoms with van der Waals surface area (Å²) in [7, 11) is 0. The highest BCUT2D eigenvalue weighted by atomic mass is 35.5. The van der Waals surface area contributed by atoms with Crippen molar-refractivity contribution in [3.05, 3.63) is 64.7 Å². The second-order valence-corrected chi connectivity index (χ2v) is 7.91. The Labute approximate surface area is 172 Å². The van der Waals surface area contributed by atoms with E-state index in [0.717, 1.165) is 9.98 Å². The number of para-hydroxylation sites is 1. The van der Waals surface area contributed by atoms with E-state index in [9.17, 15) is 14.4 Å². The fourth-order valence-electron chi connectivity index (χ4n) is 4.53. The SMILES string of the molecule is CCC(=O)C1N(Cl)C(=O)CC(c2cccc(Cl)c2)C12C(=O)Nc1ccccc12. The van der Waals surface area contributed by atoms with Crippen molar-refractivity contribution in [2.75, 3.05) is 5.32 Å². The van der Waals surface area contributed by atoms with E-state index in [1.807, 2.05) is 24.3 Å². The molecule has 0 radical (unpaired) electrons. The van der Waals surface area contributed by atoms with Gasteiger partial charge in [0, 0.05) is 41.2 Å². The molecule has 1 saturated heterocycles. The number of hydrogen-bond donors (Lipinski definition) is 1. The average molecular weight is 417 g/mol. The van der Waals surface area contributed by atoms with Crippen LogP contribution in [0.2, 0.25) is 5.02 Å². The van der Waals surface area contributed by atoms with Gasteiger partial charge in [-0.2, -0.15) is 0 Å². The second kappa shape index (κ2) is 6.90. The Bertz CT molecular complexity index is 993. The van der Waals surface area contributed by atoms with Gasteiger partial charge in [0.25, 0.3) is 0 Å². The van der Waals surface area contributed by atoms with Crippen LogP contribution in [0.25, 0.3) is 0 Å². The molecule has 2 heterocycles. The third-order valence-electron chi connectivity index (χ3n) is 5.73. The largest absolute Gasteiger partial charge is 0.325 e. The van der Waals surface area contributed by atoms with Crippen molar-refractivity contribution < 1.29 is 14.4 Å². The molecule has 3 atom stereocenters. The van der Waals surface area contributed by atoms with Crippen LogP contribution >= 0.6 is 23.4 Å². The molecule has 2 aromatic carbocycles. The lowest BCUT2D eigenvalue weighted by atomic mass is 9.59. The molecular formula is C21H18Cl2N2O3. The number of benzene rings is 2. The minimum atomic E-state index is -1.32. The van der Waals surface area contributed by atoms with Crippen molar-refractivity contribution in [2.45, 2.75) is 37.1 Å². The molecule has 2 aliphatic rings. The van der Waals surface area contributed by atoms with Crippen LogP contribution in [0.1, 0.15) is 36.8 Å². The molecule has 2 amide bonds. The molecule has 7 heteroatoms. The minimum Gasteiger partial charge on any atom is -0.325 e. The third kappa shape index (κ3) is 2.57.